The van der Waals surface area contributed by atoms with E-state index < -0.39 is 18.1 Å². The molecule has 0 spiro atoms. The molecule has 0 aromatic heterocycles. The van der Waals surface area contributed by atoms with Gasteiger partial charge in [-0.05, 0) is 24.0 Å². The van der Waals surface area contributed by atoms with Crippen LogP contribution in [0.1, 0.15) is 44.0 Å². The highest BCUT2D eigenvalue weighted by molar-refractivity contribution is 5.75. The molecule has 0 aliphatic heterocycles. The van der Waals surface area contributed by atoms with Crippen molar-refractivity contribution in [2.75, 3.05) is 0 Å². The van der Waals surface area contributed by atoms with E-state index in [9.17, 15) is 9.18 Å². The minimum absolute atomic E-state index is 0.0669. The van der Waals surface area contributed by atoms with E-state index in [0.29, 0.717) is 11.1 Å². The largest absolute Gasteiger partial charge is 0.481 e. The van der Waals surface area contributed by atoms with Crippen LogP contribution in [-0.4, -0.2) is 11.1 Å². The molecule has 0 saturated heterocycles. The molecule has 3 heteroatoms. The molecule has 88 valence electrons. The molecule has 1 aromatic rings. The van der Waals surface area contributed by atoms with Crippen LogP contribution in [-0.2, 0) is 4.79 Å². The van der Waals surface area contributed by atoms with Gasteiger partial charge < -0.3 is 5.11 Å². The van der Waals surface area contributed by atoms with Gasteiger partial charge in [0.25, 0.3) is 0 Å². The predicted molar refractivity (Wildman–Crippen MR) is 61.2 cm³/mol. The third kappa shape index (κ3) is 2.81. The third-order valence-corrected chi connectivity index (χ3v) is 2.71. The molecule has 2 atom stereocenters. The second-order valence-corrected chi connectivity index (χ2v) is 4.37. The van der Waals surface area contributed by atoms with Crippen LogP contribution in [0.5, 0.6) is 0 Å². The summed E-state index contributed by atoms with van der Waals surface area (Å²) in [5.41, 5.74) is 1.31. The Bertz CT molecular complexity index is 357. The van der Waals surface area contributed by atoms with Crippen LogP contribution in [0, 0.1) is 5.92 Å². The summed E-state index contributed by atoms with van der Waals surface area (Å²) in [6.07, 6.45) is -0.991. The zero-order valence-electron chi connectivity index (χ0n) is 9.77. The van der Waals surface area contributed by atoms with Gasteiger partial charge in [-0.3, -0.25) is 4.79 Å². The molecule has 0 radical (unpaired) electrons. The topological polar surface area (TPSA) is 37.3 Å². The Labute approximate surface area is 95.1 Å². The van der Waals surface area contributed by atoms with E-state index in [4.69, 9.17) is 5.11 Å². The van der Waals surface area contributed by atoms with Gasteiger partial charge in [-0.2, -0.15) is 0 Å². The van der Waals surface area contributed by atoms with E-state index >= 15 is 0 Å². The maximum Gasteiger partial charge on any atom is 0.310 e. The van der Waals surface area contributed by atoms with E-state index in [1.165, 1.54) is 0 Å². The SMILES string of the molecule is CC(C(=O)O)c1ccc(C(F)C(C)C)cc1. The van der Waals surface area contributed by atoms with Gasteiger partial charge in [0.1, 0.15) is 6.17 Å². The fraction of sp³-hybridized carbons (Fsp3) is 0.462. The number of carbonyl (C=O) groups is 1. The highest BCUT2D eigenvalue weighted by Gasteiger charge is 2.16. The lowest BCUT2D eigenvalue weighted by Crippen LogP contribution is -2.07. The summed E-state index contributed by atoms with van der Waals surface area (Å²) in [7, 11) is 0. The molecule has 1 aromatic carbocycles. The fourth-order valence-electron chi connectivity index (χ4n) is 1.50. The summed E-state index contributed by atoms with van der Waals surface area (Å²) in [4.78, 5) is 10.8. The number of hydrogen-bond acceptors (Lipinski definition) is 1. The smallest absolute Gasteiger partial charge is 0.310 e. The molecule has 0 bridgehead atoms. The average Bonchev–Trinajstić information content (AvgIpc) is 2.27. The van der Waals surface area contributed by atoms with Gasteiger partial charge in [0.15, 0.2) is 0 Å². The minimum atomic E-state index is -0.991. The first-order valence-corrected chi connectivity index (χ1v) is 5.40. The van der Waals surface area contributed by atoms with Gasteiger partial charge in [-0.25, -0.2) is 4.39 Å². The molecular weight excluding hydrogens is 207 g/mol. The molecule has 0 fully saturated rings. The first-order chi connectivity index (χ1) is 7.43. The lowest BCUT2D eigenvalue weighted by molar-refractivity contribution is -0.138. The van der Waals surface area contributed by atoms with Gasteiger partial charge >= 0.3 is 5.97 Å². The summed E-state index contributed by atoms with van der Waals surface area (Å²) in [6.45, 7) is 5.25. The minimum Gasteiger partial charge on any atom is -0.481 e. The van der Waals surface area contributed by atoms with Crippen molar-refractivity contribution in [2.45, 2.75) is 32.9 Å². The molecule has 0 amide bonds. The number of halogens is 1. The van der Waals surface area contributed by atoms with Gasteiger partial charge in [-0.15, -0.1) is 0 Å². The molecular formula is C13H17FO2. The van der Waals surface area contributed by atoms with Crippen LogP contribution >= 0.6 is 0 Å². The Morgan fingerprint density at radius 2 is 1.56 bits per heavy atom. The molecule has 0 aliphatic rings. The third-order valence-electron chi connectivity index (χ3n) is 2.71. The molecule has 1 N–H and O–H groups in total. The molecule has 0 saturated carbocycles. The average molecular weight is 224 g/mol. The lowest BCUT2D eigenvalue weighted by Gasteiger charge is -2.13. The normalized spacial score (nSPS) is 14.8. The first kappa shape index (κ1) is 12.7. The predicted octanol–water partition coefficient (Wildman–Crippen LogP) is 3.54. The highest BCUT2D eigenvalue weighted by Crippen LogP contribution is 2.27. The van der Waals surface area contributed by atoms with Crippen LogP contribution in [0.3, 0.4) is 0 Å². The maximum absolute atomic E-state index is 13.6. The quantitative estimate of drug-likeness (QED) is 0.849. The van der Waals surface area contributed by atoms with Crippen LogP contribution in [0.2, 0.25) is 0 Å². The number of rotatable bonds is 4. The molecule has 0 heterocycles. The summed E-state index contributed by atoms with van der Waals surface area (Å²) in [5.74, 6) is -1.48. The van der Waals surface area contributed by atoms with E-state index in [1.54, 1.807) is 31.2 Å². The van der Waals surface area contributed by atoms with Crippen molar-refractivity contribution in [1.82, 2.24) is 0 Å². The van der Waals surface area contributed by atoms with Crippen molar-refractivity contribution < 1.29 is 14.3 Å². The summed E-state index contributed by atoms with van der Waals surface area (Å²) < 4.78 is 13.6. The Kier molecular flexibility index (Phi) is 4.05. The van der Waals surface area contributed by atoms with Crippen LogP contribution in [0.4, 0.5) is 4.39 Å². The van der Waals surface area contributed by atoms with Gasteiger partial charge in [-0.1, -0.05) is 38.1 Å². The van der Waals surface area contributed by atoms with Crippen LogP contribution in [0.15, 0.2) is 24.3 Å². The monoisotopic (exact) mass is 224 g/mol. The zero-order chi connectivity index (χ0) is 12.3. The second-order valence-electron chi connectivity index (χ2n) is 4.37. The number of hydrogen-bond donors (Lipinski definition) is 1. The molecule has 0 aliphatic carbocycles. The van der Waals surface area contributed by atoms with Crippen molar-refractivity contribution in [2.24, 2.45) is 5.92 Å². The highest BCUT2D eigenvalue weighted by atomic mass is 19.1. The Balaban J connectivity index is 2.87. The van der Waals surface area contributed by atoms with E-state index in [2.05, 4.69) is 0 Å². The van der Waals surface area contributed by atoms with E-state index in [1.807, 2.05) is 13.8 Å². The van der Waals surface area contributed by atoms with Crippen LogP contribution in [0.25, 0.3) is 0 Å². The van der Waals surface area contributed by atoms with Crippen molar-refractivity contribution in [1.29, 1.82) is 0 Å². The Hall–Kier alpha value is -1.38. The van der Waals surface area contributed by atoms with Crippen molar-refractivity contribution in [3.8, 4) is 0 Å². The Morgan fingerprint density at radius 1 is 1.12 bits per heavy atom. The second kappa shape index (κ2) is 5.10. The van der Waals surface area contributed by atoms with Crippen molar-refractivity contribution in [3.05, 3.63) is 35.4 Å². The maximum atomic E-state index is 13.6. The summed E-state index contributed by atoms with van der Waals surface area (Å²) in [5, 5.41) is 8.83. The number of alkyl halides is 1. The zero-order valence-corrected chi connectivity index (χ0v) is 9.77. The molecule has 2 nitrogen and oxygen atoms in total. The molecule has 16 heavy (non-hydrogen) atoms. The fourth-order valence-corrected chi connectivity index (χ4v) is 1.50. The first-order valence-electron chi connectivity index (χ1n) is 5.40. The van der Waals surface area contributed by atoms with Crippen LogP contribution < -0.4 is 0 Å². The lowest BCUT2D eigenvalue weighted by atomic mass is 9.96. The van der Waals surface area contributed by atoms with E-state index in [0.717, 1.165) is 0 Å². The number of carboxylic acid groups (broad SMARTS) is 1. The van der Waals surface area contributed by atoms with Gasteiger partial charge in [0, 0.05) is 0 Å². The summed E-state index contributed by atoms with van der Waals surface area (Å²) >= 11 is 0. The number of carboxylic acids is 1. The molecule has 1 rings (SSSR count). The standard InChI is InChI=1S/C13H17FO2/c1-8(2)12(14)11-6-4-10(5-7-11)9(3)13(15)16/h4-9,12H,1-3H3,(H,15,16). The Morgan fingerprint density at radius 3 is 1.94 bits per heavy atom. The number of aliphatic carboxylic acids is 1. The van der Waals surface area contributed by atoms with Gasteiger partial charge in [0.2, 0.25) is 0 Å². The number of benzene rings is 1. The van der Waals surface area contributed by atoms with Crippen molar-refractivity contribution in [3.63, 3.8) is 0 Å². The summed E-state index contributed by atoms with van der Waals surface area (Å²) in [6, 6.07) is 6.70. The van der Waals surface area contributed by atoms with Gasteiger partial charge in [0.05, 0.1) is 5.92 Å². The van der Waals surface area contributed by atoms with Crippen molar-refractivity contribution >= 4 is 5.97 Å². The van der Waals surface area contributed by atoms with E-state index in [-0.39, 0.29) is 5.92 Å². The molecule has 2 unspecified atom stereocenters.